The Bertz CT molecular complexity index is 1480. The second kappa shape index (κ2) is 12.2. The van der Waals surface area contributed by atoms with Crippen molar-refractivity contribution >= 4 is 17.6 Å². The standard InChI is InChI=1S/C30H34FN5O4.CH2F2/c1-17-22-9-8-20(12-18(22)10-11-35(17)29(38)40-30(2,3)4)39-21-13-19-15-32-28-26(36(19)16-21)14-25(33-34-28)23-6-5-7-24(31)27(23)37;2-1-3/h5-9,12,14,17,19,21,37H,10-11,13,15-16H2,1-4H3,(H,32,34);1H2. The molecule has 9 nitrogen and oxygen atoms in total. The van der Waals surface area contributed by atoms with E-state index in [1.807, 2.05) is 39.8 Å². The predicted octanol–water partition coefficient (Wildman–Crippen LogP) is 6.18. The van der Waals surface area contributed by atoms with Gasteiger partial charge in [-0.25, -0.2) is 18.0 Å². The number of alkyl halides is 2. The van der Waals surface area contributed by atoms with E-state index in [9.17, 15) is 23.1 Å². The van der Waals surface area contributed by atoms with Gasteiger partial charge in [-0.15, -0.1) is 10.2 Å². The molecule has 1 saturated heterocycles. The minimum Gasteiger partial charge on any atom is -0.504 e. The van der Waals surface area contributed by atoms with Crippen LogP contribution in [0.2, 0.25) is 0 Å². The van der Waals surface area contributed by atoms with Gasteiger partial charge in [-0.3, -0.25) is 0 Å². The van der Waals surface area contributed by atoms with Gasteiger partial charge in [-0.1, -0.05) is 12.1 Å². The normalized spacial score (nSPS) is 20.6. The lowest BCUT2D eigenvalue weighted by atomic mass is 9.93. The third kappa shape index (κ3) is 6.42. The van der Waals surface area contributed by atoms with Crippen LogP contribution in [0.1, 0.15) is 51.3 Å². The Morgan fingerprint density at radius 2 is 1.93 bits per heavy atom. The number of ether oxygens (including phenoxy) is 2. The number of carbonyl (C=O) groups excluding carboxylic acids is 1. The summed E-state index contributed by atoms with van der Waals surface area (Å²) in [5.41, 5.74) is 3.33. The van der Waals surface area contributed by atoms with Gasteiger partial charge < -0.3 is 29.7 Å². The SMILES string of the molecule is CC1c2ccc(OC3CC4CNc5nnc(-c6cccc(F)c6O)cc5N4C3)cc2CCN1C(=O)OC(C)(C)C.FCF. The van der Waals surface area contributed by atoms with Crippen LogP contribution in [0, 0.1) is 5.82 Å². The quantitative estimate of drug-likeness (QED) is 0.369. The van der Waals surface area contributed by atoms with Crippen molar-refractivity contribution in [3.05, 3.63) is 59.4 Å². The molecule has 3 aliphatic rings. The van der Waals surface area contributed by atoms with Crippen LogP contribution in [0.5, 0.6) is 11.5 Å². The number of aromatic nitrogens is 2. The van der Waals surface area contributed by atoms with Gasteiger partial charge in [0.25, 0.3) is 0 Å². The number of para-hydroxylation sites is 1. The van der Waals surface area contributed by atoms with Gasteiger partial charge in [0.15, 0.2) is 17.4 Å². The Balaban J connectivity index is 0.00000118. The van der Waals surface area contributed by atoms with Gasteiger partial charge in [0.2, 0.25) is 6.93 Å². The number of nitrogens with zero attached hydrogens (tertiary/aromatic N) is 4. The lowest BCUT2D eigenvalue weighted by Gasteiger charge is -2.36. The zero-order valence-corrected chi connectivity index (χ0v) is 24.6. The number of hydrogen-bond donors (Lipinski definition) is 2. The van der Waals surface area contributed by atoms with Gasteiger partial charge in [-0.2, -0.15) is 0 Å². The Kier molecular flexibility index (Phi) is 8.57. The summed E-state index contributed by atoms with van der Waals surface area (Å²) in [6.07, 6.45) is 1.24. The van der Waals surface area contributed by atoms with E-state index in [0.29, 0.717) is 36.7 Å². The number of phenols is 1. The number of hydrogen-bond acceptors (Lipinski definition) is 8. The van der Waals surface area contributed by atoms with E-state index in [1.165, 1.54) is 11.6 Å². The molecule has 12 heteroatoms. The maximum atomic E-state index is 14.0. The topological polar surface area (TPSA) is 100 Å². The van der Waals surface area contributed by atoms with Gasteiger partial charge in [0.05, 0.1) is 30.0 Å². The van der Waals surface area contributed by atoms with E-state index in [2.05, 4.69) is 32.5 Å². The second-order valence-corrected chi connectivity index (χ2v) is 11.8. The third-order valence-electron chi connectivity index (χ3n) is 7.81. The molecule has 2 N–H and O–H groups in total. The molecular formula is C31H36F3N5O4. The molecule has 0 bridgehead atoms. The first-order valence-electron chi connectivity index (χ1n) is 14.3. The highest BCUT2D eigenvalue weighted by atomic mass is 19.3. The number of halogens is 3. The summed E-state index contributed by atoms with van der Waals surface area (Å²) in [4.78, 5) is 16.7. The van der Waals surface area contributed by atoms with Crippen molar-refractivity contribution in [3.8, 4) is 22.8 Å². The highest BCUT2D eigenvalue weighted by Gasteiger charge is 2.38. The van der Waals surface area contributed by atoms with Crippen LogP contribution >= 0.6 is 0 Å². The van der Waals surface area contributed by atoms with Crippen LogP contribution in [0.25, 0.3) is 11.3 Å². The summed E-state index contributed by atoms with van der Waals surface area (Å²) in [7, 11) is 0. The van der Waals surface area contributed by atoms with Crippen LogP contribution in [0.15, 0.2) is 42.5 Å². The summed E-state index contributed by atoms with van der Waals surface area (Å²) < 4.78 is 45.3. The molecule has 3 aromatic rings. The number of carbonyl (C=O) groups is 1. The van der Waals surface area contributed by atoms with Crippen molar-refractivity contribution in [2.24, 2.45) is 0 Å². The van der Waals surface area contributed by atoms with Crippen LogP contribution in [0.3, 0.4) is 0 Å². The van der Waals surface area contributed by atoms with Gasteiger partial charge >= 0.3 is 6.09 Å². The van der Waals surface area contributed by atoms with E-state index < -0.39 is 24.1 Å². The molecule has 2 aromatic carbocycles. The average molecular weight is 600 g/mol. The first kappa shape index (κ1) is 30.2. The Hall–Kier alpha value is -4.22. The van der Waals surface area contributed by atoms with Crippen molar-refractivity contribution in [3.63, 3.8) is 0 Å². The third-order valence-corrected chi connectivity index (χ3v) is 7.81. The van der Waals surface area contributed by atoms with E-state index in [-0.39, 0.29) is 24.3 Å². The number of amides is 1. The minimum absolute atomic E-state index is 0.0331. The second-order valence-electron chi connectivity index (χ2n) is 11.8. The molecule has 3 atom stereocenters. The van der Waals surface area contributed by atoms with Crippen molar-refractivity contribution in [1.82, 2.24) is 15.1 Å². The molecule has 1 amide bonds. The summed E-state index contributed by atoms with van der Waals surface area (Å²) >= 11 is 0. The van der Waals surface area contributed by atoms with Crippen LogP contribution in [-0.2, 0) is 11.2 Å². The highest BCUT2D eigenvalue weighted by Crippen LogP contribution is 2.40. The lowest BCUT2D eigenvalue weighted by molar-refractivity contribution is 0.0159. The van der Waals surface area contributed by atoms with Crippen molar-refractivity contribution < 1.29 is 32.5 Å². The Labute approximate surface area is 248 Å². The van der Waals surface area contributed by atoms with E-state index in [0.717, 1.165) is 29.8 Å². The highest BCUT2D eigenvalue weighted by molar-refractivity contribution is 5.77. The molecule has 0 saturated carbocycles. The molecule has 0 radical (unpaired) electrons. The molecule has 1 aromatic heterocycles. The van der Waals surface area contributed by atoms with Crippen molar-refractivity contribution in [2.75, 3.05) is 36.8 Å². The minimum atomic E-state index is -1.75. The molecule has 6 rings (SSSR count). The molecule has 1 fully saturated rings. The number of rotatable bonds is 3. The number of anilines is 2. The molecule has 0 aliphatic carbocycles. The maximum absolute atomic E-state index is 14.0. The summed E-state index contributed by atoms with van der Waals surface area (Å²) in [6, 6.07) is 12.5. The summed E-state index contributed by atoms with van der Waals surface area (Å²) in [5.74, 6) is 0.345. The largest absolute Gasteiger partial charge is 0.504 e. The van der Waals surface area contributed by atoms with E-state index in [4.69, 9.17) is 9.47 Å². The molecule has 43 heavy (non-hydrogen) atoms. The van der Waals surface area contributed by atoms with Crippen LogP contribution < -0.4 is 15.0 Å². The van der Waals surface area contributed by atoms with Crippen LogP contribution in [-0.4, -0.2) is 70.6 Å². The number of fused-ring (bicyclic) bond motifs is 4. The van der Waals surface area contributed by atoms with Gasteiger partial charge in [0.1, 0.15) is 17.5 Å². The molecule has 0 spiro atoms. The summed E-state index contributed by atoms with van der Waals surface area (Å²) in [5, 5.41) is 22.1. The predicted molar refractivity (Wildman–Crippen MR) is 156 cm³/mol. The van der Waals surface area contributed by atoms with Crippen LogP contribution in [0.4, 0.5) is 29.5 Å². The van der Waals surface area contributed by atoms with Gasteiger partial charge in [-0.05, 0) is 75.6 Å². The monoisotopic (exact) mass is 599 g/mol. The number of phenolic OH excluding ortho intramolecular Hbond substituents is 1. The van der Waals surface area contributed by atoms with E-state index >= 15 is 0 Å². The Morgan fingerprint density at radius 1 is 1.16 bits per heavy atom. The average Bonchev–Trinajstić information content (AvgIpc) is 3.37. The molecular weight excluding hydrogens is 563 g/mol. The maximum Gasteiger partial charge on any atom is 0.410 e. The fraction of sp³-hybridized carbons (Fsp3) is 0.452. The number of benzene rings is 2. The molecule has 3 aliphatic heterocycles. The zero-order valence-electron chi connectivity index (χ0n) is 24.6. The fourth-order valence-corrected chi connectivity index (χ4v) is 5.89. The fourth-order valence-electron chi connectivity index (χ4n) is 5.89. The number of aromatic hydroxyl groups is 1. The Morgan fingerprint density at radius 3 is 2.67 bits per heavy atom. The number of nitrogens with one attached hydrogen (secondary N) is 1. The molecule has 230 valence electrons. The summed E-state index contributed by atoms with van der Waals surface area (Å²) in [6.45, 7) is 7.89. The zero-order chi connectivity index (χ0) is 30.9. The first-order chi connectivity index (χ1) is 20.5. The van der Waals surface area contributed by atoms with Crippen molar-refractivity contribution in [1.29, 1.82) is 0 Å². The molecule has 3 unspecified atom stereocenters. The first-order valence-corrected chi connectivity index (χ1v) is 14.3. The van der Waals surface area contributed by atoms with Crippen molar-refractivity contribution in [2.45, 2.75) is 64.3 Å². The van der Waals surface area contributed by atoms with E-state index in [1.54, 1.807) is 17.0 Å². The molecule has 4 heterocycles. The van der Waals surface area contributed by atoms with Gasteiger partial charge in [0, 0.05) is 25.1 Å². The smallest absolute Gasteiger partial charge is 0.410 e. The lowest BCUT2D eigenvalue weighted by Crippen LogP contribution is -2.42.